The Bertz CT molecular complexity index is 765. The number of aliphatic hydroxyl groups excluding tert-OH is 2. The zero-order valence-corrected chi connectivity index (χ0v) is 11.8. The van der Waals surface area contributed by atoms with Gasteiger partial charge >= 0.3 is 5.69 Å². The van der Waals surface area contributed by atoms with E-state index in [-0.39, 0.29) is 6.61 Å². The lowest BCUT2D eigenvalue weighted by atomic mass is 10.1. The molecule has 4 atom stereocenters. The molecule has 0 amide bonds. The van der Waals surface area contributed by atoms with Crippen LogP contribution in [0.4, 0.5) is 0 Å². The van der Waals surface area contributed by atoms with Crippen LogP contribution in [0, 0.1) is 6.92 Å². The summed E-state index contributed by atoms with van der Waals surface area (Å²) < 4.78 is 8.36. The standard InChI is InChI=1S/C13H16N4O5/c1-7-4-17(13(21)15-11(7)20)12-10(19)9(8(5-18)22-12)16-3-2-14-6-16/h2-4,6,8-10,12,18-19H,5H2,1H3,(H,15,20,21)/t8-,9-,10+,12-/m1/s1. The Morgan fingerprint density at radius 2 is 2.23 bits per heavy atom. The van der Waals surface area contributed by atoms with Gasteiger partial charge in [0.1, 0.15) is 12.2 Å². The van der Waals surface area contributed by atoms with Gasteiger partial charge in [-0.15, -0.1) is 0 Å². The fourth-order valence-corrected chi connectivity index (χ4v) is 2.70. The van der Waals surface area contributed by atoms with Crippen LogP contribution >= 0.6 is 0 Å². The first-order valence-corrected chi connectivity index (χ1v) is 6.77. The second kappa shape index (κ2) is 5.52. The maximum absolute atomic E-state index is 11.9. The van der Waals surface area contributed by atoms with Crippen LogP contribution in [0.25, 0.3) is 0 Å². The summed E-state index contributed by atoms with van der Waals surface area (Å²) >= 11 is 0. The summed E-state index contributed by atoms with van der Waals surface area (Å²) in [5.41, 5.74) is -0.844. The van der Waals surface area contributed by atoms with Crippen LogP contribution in [-0.4, -0.2) is 48.1 Å². The van der Waals surface area contributed by atoms with Crippen molar-refractivity contribution in [2.75, 3.05) is 6.61 Å². The second-order valence-electron chi connectivity index (χ2n) is 5.22. The highest BCUT2D eigenvalue weighted by Gasteiger charge is 2.45. The summed E-state index contributed by atoms with van der Waals surface area (Å²) in [4.78, 5) is 29.5. The van der Waals surface area contributed by atoms with Gasteiger partial charge in [-0.2, -0.15) is 0 Å². The summed E-state index contributed by atoms with van der Waals surface area (Å²) in [7, 11) is 0. The third-order valence-electron chi connectivity index (χ3n) is 3.81. The molecule has 9 nitrogen and oxygen atoms in total. The largest absolute Gasteiger partial charge is 0.394 e. The number of aromatic nitrogens is 4. The van der Waals surface area contributed by atoms with Crippen LogP contribution in [0.5, 0.6) is 0 Å². The van der Waals surface area contributed by atoms with E-state index < -0.39 is 35.7 Å². The predicted molar refractivity (Wildman–Crippen MR) is 74.3 cm³/mol. The van der Waals surface area contributed by atoms with Gasteiger partial charge in [0.2, 0.25) is 0 Å². The molecule has 0 radical (unpaired) electrons. The topological polar surface area (TPSA) is 122 Å². The molecule has 3 N–H and O–H groups in total. The fourth-order valence-electron chi connectivity index (χ4n) is 2.70. The van der Waals surface area contributed by atoms with E-state index in [1.165, 1.54) is 12.5 Å². The minimum absolute atomic E-state index is 0.321. The molecule has 0 spiro atoms. The number of aryl methyl sites for hydroxylation is 1. The number of imidazole rings is 1. The van der Waals surface area contributed by atoms with Crippen molar-refractivity contribution >= 4 is 0 Å². The maximum atomic E-state index is 11.9. The van der Waals surface area contributed by atoms with Gasteiger partial charge in [-0.05, 0) is 6.92 Å². The van der Waals surface area contributed by atoms with E-state index in [1.807, 2.05) is 0 Å². The summed E-state index contributed by atoms with van der Waals surface area (Å²) in [6.45, 7) is 1.22. The van der Waals surface area contributed by atoms with E-state index >= 15 is 0 Å². The van der Waals surface area contributed by atoms with E-state index in [9.17, 15) is 19.8 Å². The summed E-state index contributed by atoms with van der Waals surface area (Å²) in [6, 6.07) is -0.586. The summed E-state index contributed by atoms with van der Waals surface area (Å²) in [6.07, 6.45) is 3.23. The monoisotopic (exact) mass is 308 g/mol. The molecule has 9 heteroatoms. The van der Waals surface area contributed by atoms with Crippen molar-refractivity contribution < 1.29 is 14.9 Å². The lowest BCUT2D eigenvalue weighted by Gasteiger charge is -2.20. The molecule has 1 fully saturated rings. The van der Waals surface area contributed by atoms with Crippen LogP contribution in [0.1, 0.15) is 17.8 Å². The summed E-state index contributed by atoms with van der Waals surface area (Å²) in [5.74, 6) is 0. The molecule has 0 aliphatic carbocycles. The molecule has 0 unspecified atom stereocenters. The van der Waals surface area contributed by atoms with Crippen molar-refractivity contribution in [1.29, 1.82) is 0 Å². The molecule has 0 saturated carbocycles. The quantitative estimate of drug-likeness (QED) is 0.636. The number of nitrogens with one attached hydrogen (secondary N) is 1. The van der Waals surface area contributed by atoms with Gasteiger partial charge in [-0.25, -0.2) is 9.78 Å². The highest BCUT2D eigenvalue weighted by atomic mass is 16.5. The molecule has 1 saturated heterocycles. The van der Waals surface area contributed by atoms with Crippen molar-refractivity contribution in [3.63, 3.8) is 0 Å². The molecular weight excluding hydrogens is 292 g/mol. The molecule has 22 heavy (non-hydrogen) atoms. The Balaban J connectivity index is 2.01. The van der Waals surface area contributed by atoms with Gasteiger partial charge in [-0.3, -0.25) is 14.3 Å². The molecule has 3 heterocycles. The van der Waals surface area contributed by atoms with Crippen molar-refractivity contribution in [2.45, 2.75) is 31.4 Å². The molecule has 0 aromatic carbocycles. The number of aliphatic hydroxyl groups is 2. The van der Waals surface area contributed by atoms with Gasteiger partial charge < -0.3 is 19.5 Å². The molecule has 2 aromatic heterocycles. The van der Waals surface area contributed by atoms with Crippen LogP contribution in [0.15, 0.2) is 34.5 Å². The smallest absolute Gasteiger partial charge is 0.330 e. The van der Waals surface area contributed by atoms with Crippen molar-refractivity contribution in [2.24, 2.45) is 0 Å². The number of hydrogen-bond donors (Lipinski definition) is 3. The normalized spacial score (nSPS) is 28.1. The van der Waals surface area contributed by atoms with Gasteiger partial charge in [-0.1, -0.05) is 0 Å². The lowest BCUT2D eigenvalue weighted by molar-refractivity contribution is -0.0535. The molecular formula is C13H16N4O5. The summed E-state index contributed by atoms with van der Waals surface area (Å²) in [5, 5.41) is 20.0. The zero-order chi connectivity index (χ0) is 15.9. The van der Waals surface area contributed by atoms with Crippen molar-refractivity contribution in [3.05, 3.63) is 51.3 Å². The fraction of sp³-hybridized carbons (Fsp3) is 0.462. The van der Waals surface area contributed by atoms with Crippen LogP contribution < -0.4 is 11.2 Å². The third kappa shape index (κ3) is 2.28. The Morgan fingerprint density at radius 1 is 1.45 bits per heavy atom. The van der Waals surface area contributed by atoms with Gasteiger partial charge in [0.15, 0.2) is 6.23 Å². The van der Waals surface area contributed by atoms with E-state index in [0.29, 0.717) is 5.56 Å². The SMILES string of the molecule is Cc1cn([C@@H]2O[C@H](CO)[C@@H](n3ccnc3)[C@@H]2O)c(=O)[nH]c1=O. The molecule has 3 rings (SSSR count). The number of H-pyrrole nitrogens is 1. The van der Waals surface area contributed by atoms with Crippen LogP contribution in [0.2, 0.25) is 0 Å². The lowest BCUT2D eigenvalue weighted by Crippen LogP contribution is -2.37. The Hall–Kier alpha value is -2.23. The average molecular weight is 308 g/mol. The Kier molecular flexibility index (Phi) is 3.69. The Morgan fingerprint density at radius 3 is 2.86 bits per heavy atom. The Labute approximate surface area is 124 Å². The first-order chi connectivity index (χ1) is 10.5. The van der Waals surface area contributed by atoms with E-state index in [2.05, 4.69) is 9.97 Å². The molecule has 2 aromatic rings. The van der Waals surface area contributed by atoms with Gasteiger partial charge in [0.25, 0.3) is 5.56 Å². The number of rotatable bonds is 3. The third-order valence-corrected chi connectivity index (χ3v) is 3.81. The first kappa shape index (κ1) is 14.7. The molecule has 1 aliphatic rings. The molecule has 1 aliphatic heterocycles. The zero-order valence-electron chi connectivity index (χ0n) is 11.8. The van der Waals surface area contributed by atoms with Gasteiger partial charge in [0, 0.05) is 24.2 Å². The average Bonchev–Trinajstić information content (AvgIpc) is 3.10. The number of hydrogen-bond acceptors (Lipinski definition) is 6. The first-order valence-electron chi connectivity index (χ1n) is 6.77. The number of ether oxygens (including phenoxy) is 1. The predicted octanol–water partition coefficient (Wildman–Crippen LogP) is -1.47. The maximum Gasteiger partial charge on any atom is 0.330 e. The van der Waals surface area contributed by atoms with Crippen LogP contribution in [0.3, 0.4) is 0 Å². The highest BCUT2D eigenvalue weighted by molar-refractivity contribution is 5.04. The second-order valence-corrected chi connectivity index (χ2v) is 5.22. The minimum Gasteiger partial charge on any atom is -0.394 e. The van der Waals surface area contributed by atoms with E-state index in [1.54, 1.807) is 23.9 Å². The van der Waals surface area contributed by atoms with Crippen molar-refractivity contribution in [3.8, 4) is 0 Å². The van der Waals surface area contributed by atoms with Crippen molar-refractivity contribution in [1.82, 2.24) is 19.1 Å². The van der Waals surface area contributed by atoms with E-state index in [4.69, 9.17) is 4.74 Å². The molecule has 0 bridgehead atoms. The van der Waals surface area contributed by atoms with E-state index in [0.717, 1.165) is 4.57 Å². The van der Waals surface area contributed by atoms with Crippen LogP contribution in [-0.2, 0) is 4.74 Å². The highest BCUT2D eigenvalue weighted by Crippen LogP contribution is 2.36. The number of nitrogens with zero attached hydrogens (tertiary/aromatic N) is 3. The van der Waals surface area contributed by atoms with Gasteiger partial charge in [0.05, 0.1) is 19.0 Å². The minimum atomic E-state index is -1.09. The molecule has 118 valence electrons. The number of aromatic amines is 1.